The van der Waals surface area contributed by atoms with Crippen LogP contribution in [0.25, 0.3) is 11.0 Å². The zero-order chi connectivity index (χ0) is 24.7. The van der Waals surface area contributed by atoms with Crippen molar-refractivity contribution in [2.75, 3.05) is 17.5 Å². The van der Waals surface area contributed by atoms with Gasteiger partial charge >= 0.3 is 5.97 Å². The highest BCUT2D eigenvalue weighted by molar-refractivity contribution is 6.40. The van der Waals surface area contributed by atoms with Crippen LogP contribution in [0.1, 0.15) is 31.8 Å². The third kappa shape index (κ3) is 4.25. The summed E-state index contributed by atoms with van der Waals surface area (Å²) in [6.07, 6.45) is 3.47. The SMILES string of the molecule is Nc1cccnc1N(N)OC(=O)c1c(Cl)cc2c(c1Cl)CCN(C(=O)c1ccc3ccoc3c1)C2. The van der Waals surface area contributed by atoms with Gasteiger partial charge in [-0.25, -0.2) is 15.6 Å². The number of nitrogens with two attached hydrogens (primary N) is 2. The molecule has 0 fully saturated rings. The van der Waals surface area contributed by atoms with Gasteiger partial charge in [0.05, 0.1) is 27.6 Å². The van der Waals surface area contributed by atoms with Crippen LogP contribution in [0.5, 0.6) is 0 Å². The van der Waals surface area contributed by atoms with Gasteiger partial charge in [0.25, 0.3) is 5.91 Å². The lowest BCUT2D eigenvalue weighted by Gasteiger charge is -2.30. The Morgan fingerprint density at radius 2 is 2.00 bits per heavy atom. The van der Waals surface area contributed by atoms with Crippen LogP contribution in [-0.4, -0.2) is 28.3 Å². The Hall–Kier alpha value is -3.79. The molecule has 35 heavy (non-hydrogen) atoms. The van der Waals surface area contributed by atoms with Crippen molar-refractivity contribution in [1.29, 1.82) is 0 Å². The molecule has 2 aromatic carbocycles. The molecule has 11 heteroatoms. The maximum absolute atomic E-state index is 13.1. The fourth-order valence-electron chi connectivity index (χ4n) is 4.05. The molecule has 4 N–H and O–H groups in total. The standard InChI is InChI=1S/C24H19Cl2N5O4/c25-17-10-15-12-30(23(32)14-4-3-13-6-9-34-19(13)11-14)8-5-16(15)21(26)20(17)24(33)35-31(28)22-18(27)2-1-7-29-22/h1-4,6-7,9-11H,5,8,12,27-28H2. The van der Waals surface area contributed by atoms with Gasteiger partial charge in [-0.1, -0.05) is 29.3 Å². The van der Waals surface area contributed by atoms with Gasteiger partial charge in [0, 0.05) is 30.2 Å². The normalized spacial score (nSPS) is 12.9. The summed E-state index contributed by atoms with van der Waals surface area (Å²) < 4.78 is 5.41. The van der Waals surface area contributed by atoms with E-state index >= 15 is 0 Å². The first-order valence-corrected chi connectivity index (χ1v) is 11.3. The van der Waals surface area contributed by atoms with Crippen molar-refractivity contribution in [2.45, 2.75) is 13.0 Å². The van der Waals surface area contributed by atoms with E-state index in [1.165, 1.54) is 6.20 Å². The Kier molecular flexibility index (Phi) is 5.98. The lowest BCUT2D eigenvalue weighted by Crippen LogP contribution is -2.37. The number of amides is 1. The van der Waals surface area contributed by atoms with Gasteiger partial charge in [0.15, 0.2) is 0 Å². The summed E-state index contributed by atoms with van der Waals surface area (Å²) in [5, 5.41) is 1.82. The second-order valence-corrected chi connectivity index (χ2v) is 8.74. The summed E-state index contributed by atoms with van der Waals surface area (Å²) in [6.45, 7) is 0.692. The van der Waals surface area contributed by atoms with Crippen LogP contribution in [-0.2, 0) is 17.8 Å². The van der Waals surface area contributed by atoms with E-state index in [0.29, 0.717) is 29.3 Å². The fourth-order valence-corrected chi connectivity index (χ4v) is 4.80. The zero-order valence-electron chi connectivity index (χ0n) is 18.2. The molecule has 0 unspecified atom stereocenters. The van der Waals surface area contributed by atoms with Crippen LogP contribution in [0, 0.1) is 0 Å². The number of rotatable bonds is 4. The van der Waals surface area contributed by atoms with Crippen LogP contribution >= 0.6 is 23.2 Å². The Morgan fingerprint density at radius 1 is 1.17 bits per heavy atom. The smallest absolute Gasteiger partial charge is 0.368 e. The molecule has 4 aromatic rings. The van der Waals surface area contributed by atoms with Gasteiger partial charge in [-0.15, -0.1) is 5.17 Å². The van der Waals surface area contributed by atoms with Crippen molar-refractivity contribution in [3.63, 3.8) is 0 Å². The van der Waals surface area contributed by atoms with Gasteiger partial charge < -0.3 is 19.9 Å². The second kappa shape index (κ2) is 9.10. The fraction of sp³-hybridized carbons (Fsp3) is 0.125. The van der Waals surface area contributed by atoms with Crippen molar-refractivity contribution in [3.05, 3.63) is 87.2 Å². The van der Waals surface area contributed by atoms with E-state index in [4.69, 9.17) is 44.0 Å². The number of carbonyl (C=O) groups excluding carboxylic acids is 2. The topological polar surface area (TPSA) is 128 Å². The highest BCUT2D eigenvalue weighted by Gasteiger charge is 2.29. The number of hydrogen-bond acceptors (Lipinski definition) is 8. The van der Waals surface area contributed by atoms with E-state index in [-0.39, 0.29) is 39.6 Å². The van der Waals surface area contributed by atoms with E-state index < -0.39 is 5.97 Å². The number of carbonyl (C=O) groups is 2. The lowest BCUT2D eigenvalue weighted by atomic mass is 9.96. The molecule has 1 amide bonds. The number of hydrazine groups is 1. The van der Waals surface area contributed by atoms with Crippen LogP contribution in [0.2, 0.25) is 10.0 Å². The molecule has 0 spiro atoms. The number of pyridine rings is 1. The second-order valence-electron chi connectivity index (χ2n) is 7.96. The average molecular weight is 512 g/mol. The summed E-state index contributed by atoms with van der Waals surface area (Å²) in [5.41, 5.74) is 8.64. The van der Waals surface area contributed by atoms with Gasteiger partial charge in [-0.3, -0.25) is 4.79 Å². The minimum Gasteiger partial charge on any atom is -0.464 e. The molecule has 0 atom stereocenters. The average Bonchev–Trinajstić information content (AvgIpc) is 3.31. The predicted molar refractivity (Wildman–Crippen MR) is 132 cm³/mol. The van der Waals surface area contributed by atoms with Crippen molar-refractivity contribution in [3.8, 4) is 0 Å². The van der Waals surface area contributed by atoms with Crippen LogP contribution in [0.3, 0.4) is 0 Å². The molecular formula is C24H19Cl2N5O4. The first kappa shape index (κ1) is 23.0. The highest BCUT2D eigenvalue weighted by Crippen LogP contribution is 2.36. The summed E-state index contributed by atoms with van der Waals surface area (Å²) >= 11 is 13.0. The molecule has 0 saturated heterocycles. The van der Waals surface area contributed by atoms with Crippen molar-refractivity contribution in [2.24, 2.45) is 5.84 Å². The first-order valence-electron chi connectivity index (χ1n) is 10.6. The minimum atomic E-state index is -0.861. The summed E-state index contributed by atoms with van der Waals surface area (Å²) in [7, 11) is 0. The van der Waals surface area contributed by atoms with Crippen molar-refractivity contribution in [1.82, 2.24) is 9.88 Å². The molecule has 0 radical (unpaired) electrons. The minimum absolute atomic E-state index is 0.0277. The number of nitrogen functional groups attached to an aromatic ring is 1. The van der Waals surface area contributed by atoms with Gasteiger partial charge in [0.2, 0.25) is 5.82 Å². The Labute approximate surface area is 209 Å². The molecule has 0 saturated carbocycles. The Balaban J connectivity index is 1.37. The van der Waals surface area contributed by atoms with E-state index in [9.17, 15) is 9.59 Å². The quantitative estimate of drug-likeness (QED) is 0.305. The molecule has 3 heterocycles. The molecule has 1 aliphatic heterocycles. The number of benzene rings is 2. The van der Waals surface area contributed by atoms with E-state index in [2.05, 4.69) is 4.98 Å². The van der Waals surface area contributed by atoms with Crippen molar-refractivity contribution < 1.29 is 18.8 Å². The Morgan fingerprint density at radius 3 is 2.80 bits per heavy atom. The molecule has 1 aliphatic rings. The number of anilines is 2. The van der Waals surface area contributed by atoms with Crippen LogP contribution in [0.4, 0.5) is 11.5 Å². The molecule has 5 rings (SSSR count). The lowest BCUT2D eigenvalue weighted by molar-refractivity contribution is 0.0447. The third-order valence-electron chi connectivity index (χ3n) is 5.81. The highest BCUT2D eigenvalue weighted by atomic mass is 35.5. The molecular weight excluding hydrogens is 493 g/mol. The molecule has 0 bridgehead atoms. The number of aromatic nitrogens is 1. The summed E-state index contributed by atoms with van der Waals surface area (Å²) in [5.74, 6) is 4.88. The van der Waals surface area contributed by atoms with Crippen LogP contribution < -0.4 is 16.7 Å². The molecule has 178 valence electrons. The first-order chi connectivity index (χ1) is 16.8. The van der Waals surface area contributed by atoms with Gasteiger partial charge in [0.1, 0.15) is 5.58 Å². The Bertz CT molecular complexity index is 1470. The van der Waals surface area contributed by atoms with Gasteiger partial charge in [-0.2, -0.15) is 0 Å². The third-order valence-corrected chi connectivity index (χ3v) is 6.52. The summed E-state index contributed by atoms with van der Waals surface area (Å²) in [6, 6.07) is 12.0. The monoisotopic (exact) mass is 511 g/mol. The van der Waals surface area contributed by atoms with Crippen molar-refractivity contribution >= 4 is 57.6 Å². The number of nitrogens with zero attached hydrogens (tertiary/aromatic N) is 3. The largest absolute Gasteiger partial charge is 0.464 e. The maximum Gasteiger partial charge on any atom is 0.368 e. The number of furan rings is 1. The van der Waals surface area contributed by atoms with Crippen LogP contribution in [0.15, 0.2) is 59.3 Å². The predicted octanol–water partition coefficient (Wildman–Crippen LogP) is 4.37. The van der Waals surface area contributed by atoms with Gasteiger partial charge in [-0.05, 0) is 53.9 Å². The van der Waals surface area contributed by atoms with E-state index in [0.717, 1.165) is 16.5 Å². The molecule has 9 nitrogen and oxygen atoms in total. The number of halogens is 2. The molecule has 2 aromatic heterocycles. The summed E-state index contributed by atoms with van der Waals surface area (Å²) in [4.78, 5) is 36.8. The zero-order valence-corrected chi connectivity index (χ0v) is 19.7. The number of hydrogen-bond donors (Lipinski definition) is 2. The maximum atomic E-state index is 13.1. The van der Waals surface area contributed by atoms with E-state index in [1.807, 2.05) is 12.1 Å². The van der Waals surface area contributed by atoms with E-state index in [1.54, 1.807) is 41.5 Å². The molecule has 0 aliphatic carbocycles. The number of fused-ring (bicyclic) bond motifs is 2.